The summed E-state index contributed by atoms with van der Waals surface area (Å²) < 4.78 is 16.2. The fraction of sp³-hybridized carbons (Fsp3) is 0.421. The van der Waals surface area contributed by atoms with Gasteiger partial charge in [-0.25, -0.2) is 0 Å². The number of methoxy groups -OCH3 is 2. The summed E-state index contributed by atoms with van der Waals surface area (Å²) in [6, 6.07) is 11.8. The highest BCUT2D eigenvalue weighted by molar-refractivity contribution is 7.14. The first-order valence-electron chi connectivity index (χ1n) is 8.31. The van der Waals surface area contributed by atoms with E-state index in [0.29, 0.717) is 26.3 Å². The van der Waals surface area contributed by atoms with E-state index in [-0.39, 0.29) is 12.0 Å². The molecule has 0 saturated carbocycles. The van der Waals surface area contributed by atoms with Crippen molar-refractivity contribution in [2.24, 2.45) is 0 Å². The van der Waals surface area contributed by atoms with Crippen LogP contribution in [-0.4, -0.2) is 50.8 Å². The lowest BCUT2D eigenvalue weighted by molar-refractivity contribution is -0.0206. The lowest BCUT2D eigenvalue weighted by atomic mass is 10.1. The largest absolute Gasteiger partial charge is 0.497 e. The van der Waals surface area contributed by atoms with Gasteiger partial charge in [0.25, 0.3) is 5.91 Å². The maximum atomic E-state index is 12.7. The lowest BCUT2D eigenvalue weighted by Crippen LogP contribution is -2.46. The Morgan fingerprint density at radius 2 is 2.04 bits per heavy atom. The predicted molar refractivity (Wildman–Crippen MR) is 97.4 cm³/mol. The van der Waals surface area contributed by atoms with Gasteiger partial charge >= 0.3 is 0 Å². The van der Waals surface area contributed by atoms with E-state index in [2.05, 4.69) is 0 Å². The Kier molecular flexibility index (Phi) is 6.07. The Hall–Kier alpha value is -1.89. The molecule has 6 heteroatoms. The molecule has 1 saturated heterocycles. The van der Waals surface area contributed by atoms with Gasteiger partial charge in [0.15, 0.2) is 0 Å². The lowest BCUT2D eigenvalue weighted by Gasteiger charge is -2.32. The van der Waals surface area contributed by atoms with Crippen molar-refractivity contribution in [1.82, 2.24) is 4.90 Å². The summed E-state index contributed by atoms with van der Waals surface area (Å²) in [5.41, 5.74) is 1.18. The number of hydrogen-bond donors (Lipinski definition) is 0. The number of morpholine rings is 1. The number of hydrogen-bond acceptors (Lipinski definition) is 5. The van der Waals surface area contributed by atoms with Crippen LogP contribution < -0.4 is 4.74 Å². The van der Waals surface area contributed by atoms with Gasteiger partial charge in [-0.1, -0.05) is 12.1 Å². The standard InChI is InChI=1S/C19H23NO4S/c1-22-13-17-7-8-18(25-17)19(21)20-9-10-24-16(12-20)11-14-3-5-15(23-2)6-4-14/h3-8,16H,9-13H2,1-2H3. The summed E-state index contributed by atoms with van der Waals surface area (Å²) in [5.74, 6) is 0.921. The Morgan fingerprint density at radius 1 is 1.24 bits per heavy atom. The molecule has 25 heavy (non-hydrogen) atoms. The molecular weight excluding hydrogens is 338 g/mol. The quantitative estimate of drug-likeness (QED) is 0.794. The molecule has 0 spiro atoms. The molecule has 1 atom stereocenters. The number of nitrogens with zero attached hydrogens (tertiary/aromatic N) is 1. The Balaban J connectivity index is 1.60. The molecule has 1 aromatic heterocycles. The predicted octanol–water partition coefficient (Wildman–Crippen LogP) is 2.99. The van der Waals surface area contributed by atoms with Crippen molar-refractivity contribution in [2.75, 3.05) is 33.9 Å². The first-order chi connectivity index (χ1) is 12.2. The average Bonchev–Trinajstić information content (AvgIpc) is 3.11. The summed E-state index contributed by atoms with van der Waals surface area (Å²) in [6.45, 7) is 2.36. The average molecular weight is 361 g/mol. The molecule has 0 bridgehead atoms. The molecule has 1 aliphatic rings. The monoisotopic (exact) mass is 361 g/mol. The molecule has 1 aromatic carbocycles. The molecule has 1 unspecified atom stereocenters. The second kappa shape index (κ2) is 8.47. The van der Waals surface area contributed by atoms with E-state index in [4.69, 9.17) is 14.2 Å². The number of benzene rings is 1. The van der Waals surface area contributed by atoms with Gasteiger partial charge in [0.05, 0.1) is 31.3 Å². The Labute approximate surface area is 152 Å². The smallest absolute Gasteiger partial charge is 0.264 e. The van der Waals surface area contributed by atoms with Crippen LogP contribution in [0.4, 0.5) is 0 Å². The minimum atomic E-state index is 0.0181. The van der Waals surface area contributed by atoms with Crippen molar-refractivity contribution in [2.45, 2.75) is 19.1 Å². The van der Waals surface area contributed by atoms with Crippen molar-refractivity contribution in [3.8, 4) is 5.75 Å². The molecule has 134 valence electrons. The Morgan fingerprint density at radius 3 is 2.76 bits per heavy atom. The normalized spacial score (nSPS) is 17.5. The zero-order chi connectivity index (χ0) is 17.6. The highest BCUT2D eigenvalue weighted by atomic mass is 32.1. The highest BCUT2D eigenvalue weighted by Gasteiger charge is 2.26. The van der Waals surface area contributed by atoms with Gasteiger partial charge in [-0.3, -0.25) is 4.79 Å². The third kappa shape index (κ3) is 4.60. The highest BCUT2D eigenvalue weighted by Crippen LogP contribution is 2.21. The van der Waals surface area contributed by atoms with Gasteiger partial charge in [-0.2, -0.15) is 0 Å². The molecule has 1 amide bonds. The SMILES string of the molecule is COCc1ccc(C(=O)N2CCOC(Cc3ccc(OC)cc3)C2)s1. The van der Waals surface area contributed by atoms with E-state index in [1.165, 1.54) is 16.9 Å². The van der Waals surface area contributed by atoms with E-state index in [9.17, 15) is 4.79 Å². The number of thiophene rings is 1. The van der Waals surface area contributed by atoms with Gasteiger partial charge in [-0.15, -0.1) is 11.3 Å². The number of rotatable bonds is 6. The number of ether oxygens (including phenoxy) is 3. The minimum absolute atomic E-state index is 0.0181. The van der Waals surface area contributed by atoms with Gasteiger partial charge in [-0.05, 0) is 29.8 Å². The molecule has 1 fully saturated rings. The van der Waals surface area contributed by atoms with Gasteiger partial charge in [0, 0.05) is 31.5 Å². The molecule has 2 heterocycles. The topological polar surface area (TPSA) is 48.0 Å². The van der Waals surface area contributed by atoms with Crippen LogP contribution in [-0.2, 0) is 22.5 Å². The van der Waals surface area contributed by atoms with Crippen LogP contribution in [0.25, 0.3) is 0 Å². The van der Waals surface area contributed by atoms with Gasteiger partial charge in [0.2, 0.25) is 0 Å². The molecular formula is C19H23NO4S. The van der Waals surface area contributed by atoms with E-state index in [1.807, 2.05) is 41.3 Å². The van der Waals surface area contributed by atoms with Crippen LogP contribution in [0.15, 0.2) is 36.4 Å². The number of carbonyl (C=O) groups is 1. The third-order valence-electron chi connectivity index (χ3n) is 4.21. The minimum Gasteiger partial charge on any atom is -0.497 e. The fourth-order valence-corrected chi connectivity index (χ4v) is 3.87. The van der Waals surface area contributed by atoms with E-state index >= 15 is 0 Å². The van der Waals surface area contributed by atoms with Gasteiger partial charge < -0.3 is 19.1 Å². The van der Waals surface area contributed by atoms with Crippen LogP contribution in [0.5, 0.6) is 5.75 Å². The number of amides is 1. The van der Waals surface area contributed by atoms with Crippen LogP contribution in [0.3, 0.4) is 0 Å². The van der Waals surface area contributed by atoms with Crippen LogP contribution in [0.2, 0.25) is 0 Å². The van der Waals surface area contributed by atoms with Crippen molar-refractivity contribution in [3.63, 3.8) is 0 Å². The van der Waals surface area contributed by atoms with Crippen molar-refractivity contribution in [1.29, 1.82) is 0 Å². The van der Waals surface area contributed by atoms with E-state index in [1.54, 1.807) is 14.2 Å². The van der Waals surface area contributed by atoms with E-state index < -0.39 is 0 Å². The van der Waals surface area contributed by atoms with Crippen molar-refractivity contribution in [3.05, 3.63) is 51.7 Å². The summed E-state index contributed by atoms with van der Waals surface area (Å²) in [5, 5.41) is 0. The van der Waals surface area contributed by atoms with Crippen molar-refractivity contribution >= 4 is 17.2 Å². The fourth-order valence-electron chi connectivity index (χ4n) is 2.92. The maximum absolute atomic E-state index is 12.7. The van der Waals surface area contributed by atoms with E-state index in [0.717, 1.165) is 21.9 Å². The first-order valence-corrected chi connectivity index (χ1v) is 9.12. The molecule has 1 aliphatic heterocycles. The van der Waals surface area contributed by atoms with Crippen LogP contribution in [0, 0.1) is 0 Å². The molecule has 0 aliphatic carbocycles. The number of carbonyl (C=O) groups excluding carboxylic acids is 1. The molecule has 0 radical (unpaired) electrons. The van der Waals surface area contributed by atoms with Crippen molar-refractivity contribution < 1.29 is 19.0 Å². The summed E-state index contributed by atoms with van der Waals surface area (Å²) in [4.78, 5) is 16.4. The second-order valence-electron chi connectivity index (χ2n) is 6.00. The van der Waals surface area contributed by atoms with Gasteiger partial charge in [0.1, 0.15) is 5.75 Å². The zero-order valence-electron chi connectivity index (χ0n) is 14.6. The molecule has 3 rings (SSSR count). The second-order valence-corrected chi connectivity index (χ2v) is 7.16. The summed E-state index contributed by atoms with van der Waals surface area (Å²) >= 11 is 1.50. The molecule has 2 aromatic rings. The van der Waals surface area contributed by atoms with Crippen LogP contribution in [0.1, 0.15) is 20.1 Å². The summed E-state index contributed by atoms with van der Waals surface area (Å²) in [6.07, 6.45) is 0.803. The zero-order valence-corrected chi connectivity index (χ0v) is 15.4. The van der Waals surface area contributed by atoms with Crippen LogP contribution >= 0.6 is 11.3 Å². The Bertz CT molecular complexity index is 698. The summed E-state index contributed by atoms with van der Waals surface area (Å²) in [7, 11) is 3.32. The third-order valence-corrected chi connectivity index (χ3v) is 5.25. The first kappa shape index (κ1) is 17.9. The molecule has 0 N–H and O–H groups in total. The molecule has 5 nitrogen and oxygen atoms in total. The maximum Gasteiger partial charge on any atom is 0.264 e.